The Labute approximate surface area is 387 Å². The Hall–Kier alpha value is -2.69. The van der Waals surface area contributed by atoms with E-state index in [1.165, 1.54) is 11.1 Å². The lowest BCUT2D eigenvalue weighted by Gasteiger charge is -2.31. The summed E-state index contributed by atoms with van der Waals surface area (Å²) in [6.07, 6.45) is 2.57. The second-order valence-electron chi connectivity index (χ2n) is 20.2. The van der Waals surface area contributed by atoms with Crippen LogP contribution in [-0.2, 0) is 72.4 Å². The van der Waals surface area contributed by atoms with Gasteiger partial charge < -0.3 is 58.8 Å². The third kappa shape index (κ3) is 23.2. The fourth-order valence-electron chi connectivity index (χ4n) is 6.75. The van der Waals surface area contributed by atoms with Gasteiger partial charge in [0, 0.05) is 48.6 Å². The van der Waals surface area contributed by atoms with Crippen LogP contribution in [0.15, 0.2) is 24.3 Å². The molecule has 0 radical (unpaired) electrons. The van der Waals surface area contributed by atoms with Gasteiger partial charge in [0.15, 0.2) is 0 Å². The molecule has 0 unspecified atom stereocenters. The minimum atomic E-state index is -0.745. The Morgan fingerprint density at radius 3 is 0.812 bits per heavy atom. The van der Waals surface area contributed by atoms with E-state index in [1.807, 2.05) is 0 Å². The predicted molar refractivity (Wildman–Crippen MR) is 256 cm³/mol. The molecule has 0 aromatic heterocycles. The Bertz CT molecular complexity index is 1400. The number of ether oxygens (including phenoxy) is 10. The predicted octanol–water partition coefficient (Wildman–Crippen LogP) is 8.37. The van der Waals surface area contributed by atoms with Crippen LogP contribution in [-0.4, -0.2) is 125 Å². The summed E-state index contributed by atoms with van der Waals surface area (Å²) in [5, 5.41) is 0. The maximum absolute atomic E-state index is 14.2. The topological polar surface area (TPSA) is 161 Å². The molecule has 0 aliphatic heterocycles. The molecule has 0 heterocycles. The summed E-state index contributed by atoms with van der Waals surface area (Å²) in [6.45, 7) is 35.3. The SMILES string of the molecule is CC(C)(C)c1cc(CCCOCCOCCOCCOCCN)cc(C(C)(C)C)c1OC(=O)Oc1c(C(C)(C)C)cc(CCCOCCOCCOCCOCCN)cc1C(C)(C)C. The van der Waals surface area contributed by atoms with Crippen LogP contribution in [0.1, 0.15) is 129 Å². The van der Waals surface area contributed by atoms with Crippen LogP contribution in [0.3, 0.4) is 0 Å². The summed E-state index contributed by atoms with van der Waals surface area (Å²) in [7, 11) is 0. The highest BCUT2D eigenvalue weighted by molar-refractivity contribution is 5.71. The Morgan fingerprint density at radius 2 is 0.594 bits per heavy atom. The first-order valence-corrected chi connectivity index (χ1v) is 23.5. The van der Waals surface area contributed by atoms with Crippen molar-refractivity contribution >= 4 is 6.16 Å². The second kappa shape index (κ2) is 29.8. The van der Waals surface area contributed by atoms with Crippen LogP contribution >= 0.6 is 0 Å². The zero-order chi connectivity index (χ0) is 47.7. The van der Waals surface area contributed by atoms with Crippen LogP contribution in [0.4, 0.5) is 4.79 Å². The first-order valence-electron chi connectivity index (χ1n) is 23.5. The van der Waals surface area contributed by atoms with Crippen molar-refractivity contribution in [1.82, 2.24) is 0 Å². The number of aryl methyl sites for hydroxylation is 2. The van der Waals surface area contributed by atoms with Crippen molar-refractivity contribution in [1.29, 1.82) is 0 Å². The number of hydrogen-bond acceptors (Lipinski definition) is 13. The summed E-state index contributed by atoms with van der Waals surface area (Å²) in [5.41, 5.74) is 15.7. The molecule has 0 atom stereocenters. The molecule has 2 rings (SSSR count). The van der Waals surface area contributed by atoms with E-state index in [0.29, 0.717) is 130 Å². The van der Waals surface area contributed by atoms with Gasteiger partial charge in [-0.25, -0.2) is 4.79 Å². The fourth-order valence-corrected chi connectivity index (χ4v) is 6.75. The summed E-state index contributed by atoms with van der Waals surface area (Å²) in [5.74, 6) is 1.12. The molecule has 13 nitrogen and oxygen atoms in total. The number of carbonyl (C=O) groups excluding carboxylic acids is 1. The Morgan fingerprint density at radius 1 is 0.375 bits per heavy atom. The minimum absolute atomic E-state index is 0.318. The smallest absolute Gasteiger partial charge is 0.394 e. The second-order valence-corrected chi connectivity index (χ2v) is 20.2. The number of benzene rings is 2. The van der Waals surface area contributed by atoms with Crippen molar-refractivity contribution in [3.8, 4) is 11.5 Å². The molecule has 0 saturated heterocycles. The molecule has 0 aliphatic rings. The lowest BCUT2D eigenvalue weighted by Crippen LogP contribution is -2.26. The maximum atomic E-state index is 14.2. The molecule has 0 aliphatic carbocycles. The van der Waals surface area contributed by atoms with Crippen molar-refractivity contribution in [2.45, 2.75) is 130 Å². The summed E-state index contributed by atoms with van der Waals surface area (Å²) in [6, 6.07) is 8.70. The molecule has 368 valence electrons. The standard InChI is InChI=1S/C51H88N2O11/c1-48(2,3)41-35-39(15-13-19-55-23-27-59-31-33-61-29-25-57-21-17-52)36-42(49(4,5)6)45(41)63-47(54)64-46-43(50(7,8)9)37-40(38-44(46)51(10,11)12)16-14-20-56-24-28-60-32-34-62-30-26-58-22-18-53/h35-38H,13-34,52-53H2,1-12H3. The number of carbonyl (C=O) groups is 1. The molecule has 2 aromatic rings. The molecule has 0 bridgehead atoms. The van der Waals surface area contributed by atoms with Crippen LogP contribution < -0.4 is 20.9 Å². The monoisotopic (exact) mass is 905 g/mol. The third-order valence-corrected chi connectivity index (χ3v) is 10.2. The van der Waals surface area contributed by atoms with Gasteiger partial charge in [-0.15, -0.1) is 0 Å². The van der Waals surface area contributed by atoms with Crippen LogP contribution in [0.25, 0.3) is 0 Å². The van der Waals surface area contributed by atoms with E-state index in [2.05, 4.69) is 107 Å². The molecular formula is C51H88N2O11. The van der Waals surface area contributed by atoms with Crippen molar-refractivity contribution in [2.75, 3.05) is 119 Å². The fraction of sp³-hybridized carbons (Fsp3) is 0.745. The number of rotatable bonds is 32. The molecule has 0 spiro atoms. The van der Waals surface area contributed by atoms with Crippen molar-refractivity contribution in [3.63, 3.8) is 0 Å². The normalized spacial score (nSPS) is 12.6. The molecule has 2 aromatic carbocycles. The molecule has 64 heavy (non-hydrogen) atoms. The van der Waals surface area contributed by atoms with E-state index in [4.69, 9.17) is 58.8 Å². The molecule has 0 amide bonds. The first-order chi connectivity index (χ1) is 30.2. The van der Waals surface area contributed by atoms with Crippen molar-refractivity contribution in [2.24, 2.45) is 11.5 Å². The largest absolute Gasteiger partial charge is 0.519 e. The van der Waals surface area contributed by atoms with E-state index < -0.39 is 6.16 Å². The van der Waals surface area contributed by atoms with Crippen molar-refractivity contribution in [3.05, 3.63) is 57.6 Å². The Balaban J connectivity index is 2.10. The zero-order valence-electron chi connectivity index (χ0n) is 42.0. The van der Waals surface area contributed by atoms with Crippen LogP contribution in [0.2, 0.25) is 0 Å². The van der Waals surface area contributed by atoms with E-state index in [1.54, 1.807) is 0 Å². The van der Waals surface area contributed by atoms with Gasteiger partial charge in [0.1, 0.15) is 11.5 Å². The van der Waals surface area contributed by atoms with Crippen LogP contribution in [0, 0.1) is 0 Å². The van der Waals surface area contributed by atoms with Crippen LogP contribution in [0.5, 0.6) is 11.5 Å². The van der Waals surface area contributed by atoms with Crippen molar-refractivity contribution < 1.29 is 52.2 Å². The molecule has 0 saturated carbocycles. The molecule has 13 heteroatoms. The highest BCUT2D eigenvalue weighted by Crippen LogP contribution is 2.44. The summed E-state index contributed by atoms with van der Waals surface area (Å²) >= 11 is 0. The van der Waals surface area contributed by atoms with Gasteiger partial charge in [-0.05, 0) is 58.5 Å². The summed E-state index contributed by atoms with van der Waals surface area (Å²) in [4.78, 5) is 14.2. The lowest BCUT2D eigenvalue weighted by molar-refractivity contribution is -0.00118. The summed E-state index contributed by atoms with van der Waals surface area (Å²) < 4.78 is 57.4. The van der Waals surface area contributed by atoms with E-state index in [-0.39, 0.29) is 21.7 Å². The van der Waals surface area contributed by atoms with E-state index >= 15 is 0 Å². The average Bonchev–Trinajstić information content (AvgIpc) is 3.20. The maximum Gasteiger partial charge on any atom is 0.519 e. The van der Waals surface area contributed by atoms with Gasteiger partial charge in [-0.2, -0.15) is 0 Å². The van der Waals surface area contributed by atoms with E-state index in [9.17, 15) is 4.79 Å². The van der Waals surface area contributed by atoms with Gasteiger partial charge in [0.2, 0.25) is 0 Å². The third-order valence-electron chi connectivity index (χ3n) is 10.2. The minimum Gasteiger partial charge on any atom is -0.394 e. The van der Waals surface area contributed by atoms with Gasteiger partial charge in [0.05, 0.1) is 92.5 Å². The molecule has 4 N–H and O–H groups in total. The van der Waals surface area contributed by atoms with Gasteiger partial charge in [-0.3, -0.25) is 0 Å². The average molecular weight is 905 g/mol. The number of nitrogens with two attached hydrogens (primary N) is 2. The van der Waals surface area contributed by atoms with Gasteiger partial charge >= 0.3 is 6.16 Å². The molecule has 0 fully saturated rings. The molecular weight excluding hydrogens is 817 g/mol. The van der Waals surface area contributed by atoms with Gasteiger partial charge in [0.25, 0.3) is 0 Å². The quantitative estimate of drug-likeness (QED) is 0.0410. The van der Waals surface area contributed by atoms with Gasteiger partial charge in [-0.1, -0.05) is 107 Å². The zero-order valence-corrected chi connectivity index (χ0v) is 42.0. The van der Waals surface area contributed by atoms with E-state index in [0.717, 1.165) is 47.9 Å². The number of hydrogen-bond donors (Lipinski definition) is 2. The first kappa shape index (κ1) is 57.4. The highest BCUT2D eigenvalue weighted by Gasteiger charge is 2.33. The lowest BCUT2D eigenvalue weighted by atomic mass is 9.78. The Kier molecular flexibility index (Phi) is 26.8. The highest BCUT2D eigenvalue weighted by atomic mass is 16.7.